The Labute approximate surface area is 243 Å². The van der Waals surface area contributed by atoms with E-state index in [9.17, 15) is 9.59 Å². The van der Waals surface area contributed by atoms with Gasteiger partial charge in [0.1, 0.15) is 18.3 Å². The molecule has 0 spiro atoms. The van der Waals surface area contributed by atoms with Crippen molar-refractivity contribution in [3.8, 4) is 11.4 Å². The van der Waals surface area contributed by atoms with Gasteiger partial charge < -0.3 is 19.5 Å². The van der Waals surface area contributed by atoms with Gasteiger partial charge in [-0.1, -0.05) is 60.8 Å². The summed E-state index contributed by atoms with van der Waals surface area (Å²) in [6, 6.07) is 23.6. The number of carbonyl (C=O) groups is 2. The van der Waals surface area contributed by atoms with Gasteiger partial charge in [0.2, 0.25) is 5.91 Å². The third kappa shape index (κ3) is 5.53. The highest BCUT2D eigenvalue weighted by Gasteiger charge is 2.37. The van der Waals surface area contributed by atoms with Crippen molar-refractivity contribution in [1.82, 2.24) is 9.47 Å². The van der Waals surface area contributed by atoms with E-state index in [0.717, 1.165) is 41.2 Å². The van der Waals surface area contributed by atoms with Gasteiger partial charge in [0.15, 0.2) is 0 Å². The molecule has 1 atom stereocenters. The number of ether oxygens (including phenoxy) is 1. The molecule has 7 nitrogen and oxygen atoms in total. The van der Waals surface area contributed by atoms with Crippen molar-refractivity contribution >= 4 is 46.5 Å². The maximum absolute atomic E-state index is 14.3. The van der Waals surface area contributed by atoms with Crippen LogP contribution in [-0.2, 0) is 4.79 Å². The minimum absolute atomic E-state index is 0.112. The first-order valence-electron chi connectivity index (χ1n) is 13.1. The van der Waals surface area contributed by atoms with Gasteiger partial charge in [-0.3, -0.25) is 9.69 Å². The zero-order valence-electron chi connectivity index (χ0n) is 22.3. The number of unbranched alkanes of at least 4 members (excludes halogenated alkanes) is 1. The number of carbonyl (C=O) groups excluding carboxylic acids is 2. The lowest BCUT2D eigenvalue weighted by atomic mass is 9.97. The van der Waals surface area contributed by atoms with E-state index in [0.29, 0.717) is 22.3 Å². The van der Waals surface area contributed by atoms with Crippen LogP contribution in [0.15, 0.2) is 85.1 Å². The SMILES string of the molecule is CCCCN(CC(=O)N1c2ccccc2-n2cccc2C1c1ccc(OC)cc1)C(=O)Nc1ccc(Cl)cc1Cl. The van der Waals surface area contributed by atoms with Gasteiger partial charge in [-0.05, 0) is 66.6 Å². The summed E-state index contributed by atoms with van der Waals surface area (Å²) in [6.45, 7) is 2.35. The standard InChI is InChI=1S/C31H30Cl2N4O3/c1-3-4-17-35(31(39)34-25-16-13-22(32)19-24(25)33)20-29(38)37-27-9-6-5-8-26(27)36-18-7-10-28(36)30(37)21-11-14-23(40-2)15-12-21/h5-16,18-19,30H,3-4,17,20H2,1-2H3,(H,34,39). The van der Waals surface area contributed by atoms with Gasteiger partial charge in [-0.2, -0.15) is 0 Å². The highest BCUT2D eigenvalue weighted by molar-refractivity contribution is 6.36. The Morgan fingerprint density at radius 2 is 1.73 bits per heavy atom. The highest BCUT2D eigenvalue weighted by Crippen LogP contribution is 2.42. The Bertz CT molecular complexity index is 1520. The number of nitrogens with one attached hydrogen (secondary N) is 1. The summed E-state index contributed by atoms with van der Waals surface area (Å²) in [7, 11) is 1.62. The largest absolute Gasteiger partial charge is 0.497 e. The molecule has 3 aromatic carbocycles. The Balaban J connectivity index is 1.50. The highest BCUT2D eigenvalue weighted by atomic mass is 35.5. The van der Waals surface area contributed by atoms with Crippen LogP contribution in [0, 0.1) is 0 Å². The lowest BCUT2D eigenvalue weighted by Gasteiger charge is -2.39. The smallest absolute Gasteiger partial charge is 0.322 e. The molecule has 0 aliphatic carbocycles. The normalized spacial score (nSPS) is 13.8. The van der Waals surface area contributed by atoms with Gasteiger partial charge in [-0.15, -0.1) is 0 Å². The molecule has 1 aromatic heterocycles. The van der Waals surface area contributed by atoms with Crippen LogP contribution in [0.3, 0.4) is 0 Å². The Kier molecular flexibility index (Phi) is 8.33. The van der Waals surface area contributed by atoms with Crippen molar-refractivity contribution in [3.05, 3.63) is 106 Å². The number of halogens is 2. The van der Waals surface area contributed by atoms with E-state index in [1.165, 1.54) is 4.90 Å². The number of amides is 3. The van der Waals surface area contributed by atoms with Crippen LogP contribution >= 0.6 is 23.2 Å². The van der Waals surface area contributed by atoms with Gasteiger partial charge in [-0.25, -0.2) is 4.79 Å². The number of nitrogens with zero attached hydrogens (tertiary/aromatic N) is 3. The summed E-state index contributed by atoms with van der Waals surface area (Å²) < 4.78 is 7.48. The molecule has 1 unspecified atom stereocenters. The molecule has 5 rings (SSSR count). The molecule has 0 saturated heterocycles. The fraction of sp³-hybridized carbons (Fsp3) is 0.226. The maximum Gasteiger partial charge on any atom is 0.322 e. The van der Waals surface area contributed by atoms with E-state index in [-0.39, 0.29) is 12.5 Å². The Hall–Kier alpha value is -3.94. The maximum atomic E-state index is 14.3. The van der Waals surface area contributed by atoms with Gasteiger partial charge in [0, 0.05) is 17.8 Å². The molecule has 0 saturated carbocycles. The van der Waals surface area contributed by atoms with Crippen LogP contribution in [-0.4, -0.2) is 41.6 Å². The zero-order chi connectivity index (χ0) is 28.2. The predicted molar refractivity (Wildman–Crippen MR) is 160 cm³/mol. The van der Waals surface area contributed by atoms with Gasteiger partial charge in [0.25, 0.3) is 0 Å². The summed E-state index contributed by atoms with van der Waals surface area (Å²) in [6.07, 6.45) is 3.62. The van der Waals surface area contributed by atoms with E-state index >= 15 is 0 Å². The number of urea groups is 1. The lowest BCUT2D eigenvalue weighted by Crippen LogP contribution is -2.48. The van der Waals surface area contributed by atoms with E-state index < -0.39 is 12.1 Å². The van der Waals surface area contributed by atoms with Crippen LogP contribution in [0.5, 0.6) is 5.75 Å². The molecule has 4 aromatic rings. The molecular weight excluding hydrogens is 547 g/mol. The average Bonchev–Trinajstić information content (AvgIpc) is 3.46. The average molecular weight is 578 g/mol. The molecule has 9 heteroatoms. The van der Waals surface area contributed by atoms with Crippen molar-refractivity contribution in [2.24, 2.45) is 0 Å². The minimum Gasteiger partial charge on any atom is -0.497 e. The van der Waals surface area contributed by atoms with E-state index in [1.54, 1.807) is 30.2 Å². The molecule has 0 radical (unpaired) electrons. The second-order valence-corrected chi connectivity index (χ2v) is 10.4. The Morgan fingerprint density at radius 3 is 2.42 bits per heavy atom. The quantitative estimate of drug-likeness (QED) is 0.235. The van der Waals surface area contributed by atoms with Crippen molar-refractivity contribution in [1.29, 1.82) is 0 Å². The lowest BCUT2D eigenvalue weighted by molar-refractivity contribution is -0.119. The summed E-state index contributed by atoms with van der Waals surface area (Å²) in [4.78, 5) is 31.0. The van der Waals surface area contributed by atoms with E-state index in [1.807, 2.05) is 73.8 Å². The topological polar surface area (TPSA) is 66.8 Å². The summed E-state index contributed by atoms with van der Waals surface area (Å²) in [5.74, 6) is 0.533. The number of aromatic nitrogens is 1. The molecule has 0 fully saturated rings. The first kappa shape index (κ1) is 27.6. The molecule has 0 bridgehead atoms. The van der Waals surface area contributed by atoms with Crippen molar-refractivity contribution in [2.75, 3.05) is 30.4 Å². The third-order valence-electron chi connectivity index (χ3n) is 6.99. The summed E-state index contributed by atoms with van der Waals surface area (Å²) >= 11 is 12.3. The molecule has 40 heavy (non-hydrogen) atoms. The molecule has 1 aliphatic rings. The number of para-hydroxylation sites is 2. The van der Waals surface area contributed by atoms with Crippen molar-refractivity contribution in [3.63, 3.8) is 0 Å². The number of methoxy groups -OCH3 is 1. The third-order valence-corrected chi connectivity index (χ3v) is 7.54. The first-order chi connectivity index (χ1) is 19.4. The van der Waals surface area contributed by atoms with E-state index in [4.69, 9.17) is 27.9 Å². The van der Waals surface area contributed by atoms with Crippen LogP contribution in [0.25, 0.3) is 5.69 Å². The molecule has 2 heterocycles. The molecule has 3 amide bonds. The van der Waals surface area contributed by atoms with Crippen molar-refractivity contribution < 1.29 is 14.3 Å². The second kappa shape index (κ2) is 12.1. The number of fused-ring (bicyclic) bond motifs is 3. The number of benzene rings is 3. The molecular formula is C31H30Cl2N4O3. The van der Waals surface area contributed by atoms with Crippen LogP contribution in [0.1, 0.15) is 37.1 Å². The second-order valence-electron chi connectivity index (χ2n) is 9.56. The van der Waals surface area contributed by atoms with E-state index in [2.05, 4.69) is 9.88 Å². The van der Waals surface area contributed by atoms with Crippen LogP contribution in [0.4, 0.5) is 16.2 Å². The predicted octanol–water partition coefficient (Wildman–Crippen LogP) is 7.56. The number of anilines is 2. The summed E-state index contributed by atoms with van der Waals surface area (Å²) in [5.41, 5.74) is 3.99. The number of rotatable bonds is 8. The fourth-order valence-corrected chi connectivity index (χ4v) is 5.45. The monoisotopic (exact) mass is 576 g/mol. The minimum atomic E-state index is -0.402. The van der Waals surface area contributed by atoms with Gasteiger partial charge >= 0.3 is 6.03 Å². The van der Waals surface area contributed by atoms with Crippen molar-refractivity contribution in [2.45, 2.75) is 25.8 Å². The number of hydrogen-bond donors (Lipinski definition) is 1. The summed E-state index contributed by atoms with van der Waals surface area (Å²) in [5, 5.41) is 3.65. The Morgan fingerprint density at radius 1 is 0.975 bits per heavy atom. The van der Waals surface area contributed by atoms with Gasteiger partial charge in [0.05, 0.1) is 34.9 Å². The fourth-order valence-electron chi connectivity index (χ4n) is 4.99. The molecule has 206 valence electrons. The first-order valence-corrected chi connectivity index (χ1v) is 13.9. The number of hydrogen-bond acceptors (Lipinski definition) is 3. The molecule has 1 aliphatic heterocycles. The van der Waals surface area contributed by atoms with Crippen LogP contribution in [0.2, 0.25) is 10.0 Å². The molecule has 1 N–H and O–H groups in total. The zero-order valence-corrected chi connectivity index (χ0v) is 23.8. The van der Waals surface area contributed by atoms with Crippen LogP contribution < -0.4 is 15.0 Å².